The van der Waals surface area contributed by atoms with E-state index >= 15 is 0 Å². The predicted octanol–water partition coefficient (Wildman–Crippen LogP) is 5.67. The number of amides is 1. The fourth-order valence-electron chi connectivity index (χ4n) is 3.69. The molecule has 1 aliphatic heterocycles. The van der Waals surface area contributed by atoms with E-state index in [2.05, 4.69) is 39.8 Å². The second-order valence-corrected chi connectivity index (χ2v) is 10.0. The molecule has 2 atom stereocenters. The average Bonchev–Trinajstić information content (AvgIpc) is 3.17. The summed E-state index contributed by atoms with van der Waals surface area (Å²) in [7, 11) is 0. The molecule has 2 aromatic rings. The number of hydrogen-bond acceptors (Lipinski definition) is 3. The summed E-state index contributed by atoms with van der Waals surface area (Å²) in [6.45, 7) is 8.63. The van der Waals surface area contributed by atoms with Gasteiger partial charge in [0.25, 0.3) is 5.91 Å². The van der Waals surface area contributed by atoms with E-state index in [0.717, 1.165) is 24.8 Å². The number of carboxylic acid groups (broad SMARTS) is 1. The molecule has 1 aliphatic rings. The SMILES string of the molecule is CCCCc1ccc(C(=O)N2C(C(=O)O)CSC2c2ccc(C(C)(C)C)cc2)cc1. The highest BCUT2D eigenvalue weighted by molar-refractivity contribution is 7.99. The van der Waals surface area contributed by atoms with Gasteiger partial charge in [0.05, 0.1) is 0 Å². The Bertz CT molecular complexity index is 884. The molecule has 1 amide bonds. The van der Waals surface area contributed by atoms with Crippen molar-refractivity contribution in [2.45, 2.75) is 63.8 Å². The Morgan fingerprint density at radius 1 is 1.07 bits per heavy atom. The second-order valence-electron chi connectivity index (χ2n) is 8.92. The molecule has 0 radical (unpaired) electrons. The molecule has 1 saturated heterocycles. The Balaban J connectivity index is 1.87. The van der Waals surface area contributed by atoms with Gasteiger partial charge in [0.15, 0.2) is 0 Å². The summed E-state index contributed by atoms with van der Waals surface area (Å²) in [6, 6.07) is 15.0. The molecule has 0 spiro atoms. The Morgan fingerprint density at radius 3 is 2.23 bits per heavy atom. The lowest BCUT2D eigenvalue weighted by molar-refractivity contribution is -0.141. The first-order valence-electron chi connectivity index (χ1n) is 10.6. The number of unbranched alkanes of at least 4 members (excludes halogenated alkanes) is 1. The average molecular weight is 426 g/mol. The number of rotatable bonds is 6. The van der Waals surface area contributed by atoms with Gasteiger partial charge in [-0.25, -0.2) is 4.79 Å². The number of carbonyl (C=O) groups excluding carboxylic acids is 1. The third-order valence-corrected chi connectivity index (χ3v) is 6.92. The van der Waals surface area contributed by atoms with Crippen LogP contribution in [-0.4, -0.2) is 33.7 Å². The van der Waals surface area contributed by atoms with Crippen LogP contribution >= 0.6 is 11.8 Å². The minimum absolute atomic E-state index is 0.0416. The van der Waals surface area contributed by atoms with Crippen LogP contribution in [0.4, 0.5) is 0 Å². The molecule has 0 aromatic heterocycles. The van der Waals surface area contributed by atoms with Crippen LogP contribution in [0.1, 0.15) is 73.0 Å². The van der Waals surface area contributed by atoms with Crippen LogP contribution in [0, 0.1) is 0 Å². The van der Waals surface area contributed by atoms with Crippen LogP contribution in [-0.2, 0) is 16.6 Å². The lowest BCUT2D eigenvalue weighted by Crippen LogP contribution is -2.43. The standard InChI is InChI=1S/C25H31NO3S/c1-5-6-7-17-8-10-18(11-9-17)22(27)26-21(24(28)29)16-30-23(26)19-12-14-20(15-13-19)25(2,3)4/h8-15,21,23H,5-7,16H2,1-4H3,(H,28,29). The van der Waals surface area contributed by atoms with Gasteiger partial charge in [0, 0.05) is 11.3 Å². The van der Waals surface area contributed by atoms with Crippen molar-refractivity contribution in [3.63, 3.8) is 0 Å². The van der Waals surface area contributed by atoms with Crippen LogP contribution in [0.5, 0.6) is 0 Å². The molecule has 2 aromatic carbocycles. The van der Waals surface area contributed by atoms with Crippen molar-refractivity contribution in [3.8, 4) is 0 Å². The third kappa shape index (κ3) is 4.89. The summed E-state index contributed by atoms with van der Waals surface area (Å²) in [6.07, 6.45) is 3.23. The molecule has 1 N–H and O–H groups in total. The van der Waals surface area contributed by atoms with Gasteiger partial charge in [-0.15, -0.1) is 11.8 Å². The number of carbonyl (C=O) groups is 2. The molecule has 2 unspecified atom stereocenters. The second kappa shape index (κ2) is 9.25. The van der Waals surface area contributed by atoms with Crippen molar-refractivity contribution >= 4 is 23.6 Å². The van der Waals surface area contributed by atoms with Crippen molar-refractivity contribution in [3.05, 3.63) is 70.8 Å². The highest BCUT2D eigenvalue weighted by Gasteiger charge is 2.42. The summed E-state index contributed by atoms with van der Waals surface area (Å²) in [5.74, 6) is -0.787. The van der Waals surface area contributed by atoms with Crippen LogP contribution in [0.2, 0.25) is 0 Å². The molecule has 160 valence electrons. The molecule has 30 heavy (non-hydrogen) atoms. The van der Waals surface area contributed by atoms with Crippen molar-refractivity contribution < 1.29 is 14.7 Å². The van der Waals surface area contributed by atoms with Gasteiger partial charge in [0.2, 0.25) is 0 Å². The lowest BCUT2D eigenvalue weighted by atomic mass is 9.86. The highest BCUT2D eigenvalue weighted by Crippen LogP contribution is 2.42. The van der Waals surface area contributed by atoms with Gasteiger partial charge in [-0.3, -0.25) is 4.79 Å². The largest absolute Gasteiger partial charge is 0.480 e. The van der Waals surface area contributed by atoms with Gasteiger partial charge in [0.1, 0.15) is 11.4 Å². The van der Waals surface area contributed by atoms with Crippen molar-refractivity contribution in [1.82, 2.24) is 4.90 Å². The van der Waals surface area contributed by atoms with Crippen LogP contribution in [0.3, 0.4) is 0 Å². The van der Waals surface area contributed by atoms with Crippen molar-refractivity contribution in [1.29, 1.82) is 0 Å². The molecular weight excluding hydrogens is 394 g/mol. The first kappa shape index (κ1) is 22.4. The molecule has 3 rings (SSSR count). The van der Waals surface area contributed by atoms with E-state index in [9.17, 15) is 14.7 Å². The maximum atomic E-state index is 13.3. The van der Waals surface area contributed by atoms with E-state index in [1.165, 1.54) is 22.9 Å². The number of thioether (sulfide) groups is 1. The van der Waals surface area contributed by atoms with Gasteiger partial charge in [-0.2, -0.15) is 0 Å². The summed E-state index contributed by atoms with van der Waals surface area (Å²) in [5, 5.41) is 9.43. The Labute approximate surface area is 183 Å². The van der Waals surface area contributed by atoms with Gasteiger partial charge >= 0.3 is 5.97 Å². The van der Waals surface area contributed by atoms with Gasteiger partial charge in [-0.1, -0.05) is 70.5 Å². The Morgan fingerprint density at radius 2 is 1.70 bits per heavy atom. The van der Waals surface area contributed by atoms with E-state index in [4.69, 9.17) is 0 Å². The molecule has 1 heterocycles. The molecule has 5 heteroatoms. The number of benzene rings is 2. The summed E-state index contributed by atoms with van der Waals surface area (Å²) >= 11 is 1.51. The molecule has 0 aliphatic carbocycles. The van der Waals surface area contributed by atoms with Gasteiger partial charge in [-0.05, 0) is 47.1 Å². The predicted molar refractivity (Wildman–Crippen MR) is 123 cm³/mol. The number of hydrogen-bond donors (Lipinski definition) is 1. The maximum Gasteiger partial charge on any atom is 0.327 e. The number of aryl methyl sites for hydroxylation is 1. The fourth-order valence-corrected chi connectivity index (χ4v) is 5.11. The summed E-state index contributed by atoms with van der Waals surface area (Å²) in [4.78, 5) is 26.8. The monoisotopic (exact) mass is 425 g/mol. The Hall–Kier alpha value is -2.27. The first-order valence-corrected chi connectivity index (χ1v) is 11.6. The zero-order chi connectivity index (χ0) is 21.9. The molecular formula is C25H31NO3S. The van der Waals surface area contributed by atoms with E-state index in [1.807, 2.05) is 36.4 Å². The summed E-state index contributed by atoms with van der Waals surface area (Å²) < 4.78 is 0. The molecule has 0 saturated carbocycles. The zero-order valence-corrected chi connectivity index (χ0v) is 19.0. The Kier molecular flexibility index (Phi) is 6.91. The number of carboxylic acids is 1. The van der Waals surface area contributed by atoms with E-state index < -0.39 is 12.0 Å². The first-order chi connectivity index (χ1) is 14.2. The van der Waals surface area contributed by atoms with Crippen LogP contribution in [0.15, 0.2) is 48.5 Å². The lowest BCUT2D eigenvalue weighted by Gasteiger charge is -2.28. The molecule has 4 nitrogen and oxygen atoms in total. The maximum absolute atomic E-state index is 13.3. The third-order valence-electron chi connectivity index (χ3n) is 5.60. The smallest absolute Gasteiger partial charge is 0.327 e. The van der Waals surface area contributed by atoms with Crippen molar-refractivity contribution in [2.75, 3.05) is 5.75 Å². The van der Waals surface area contributed by atoms with Crippen molar-refractivity contribution in [2.24, 2.45) is 0 Å². The summed E-state index contributed by atoms with van der Waals surface area (Å²) in [5.41, 5.74) is 3.96. The fraction of sp³-hybridized carbons (Fsp3) is 0.440. The highest BCUT2D eigenvalue weighted by atomic mass is 32.2. The minimum Gasteiger partial charge on any atom is -0.480 e. The van der Waals surface area contributed by atoms with Crippen LogP contribution < -0.4 is 0 Å². The van der Waals surface area contributed by atoms with E-state index in [0.29, 0.717) is 11.3 Å². The minimum atomic E-state index is -0.954. The van der Waals surface area contributed by atoms with Gasteiger partial charge < -0.3 is 10.0 Å². The normalized spacial score (nSPS) is 19.1. The van der Waals surface area contributed by atoms with E-state index in [-0.39, 0.29) is 16.7 Å². The molecule has 0 bridgehead atoms. The van der Waals surface area contributed by atoms with Crippen LogP contribution in [0.25, 0.3) is 0 Å². The quantitative estimate of drug-likeness (QED) is 0.648. The topological polar surface area (TPSA) is 57.6 Å². The molecule has 1 fully saturated rings. The van der Waals surface area contributed by atoms with E-state index in [1.54, 1.807) is 4.90 Å². The zero-order valence-electron chi connectivity index (χ0n) is 18.2. The number of nitrogens with zero attached hydrogens (tertiary/aromatic N) is 1. The number of aliphatic carboxylic acids is 1.